The molecule has 0 nitrogen and oxygen atoms in total. The van der Waals surface area contributed by atoms with Crippen molar-refractivity contribution in [1.82, 2.24) is 0 Å². The van der Waals surface area contributed by atoms with Gasteiger partial charge in [-0.15, -0.1) is 0 Å². The smallest absolute Gasteiger partial charge is 0.00267 e. The third kappa shape index (κ3) is 1.69. The van der Waals surface area contributed by atoms with Gasteiger partial charge in [-0.2, -0.15) is 0 Å². The molecule has 42 valence electrons. The van der Waals surface area contributed by atoms with Crippen molar-refractivity contribution >= 4 is 45.2 Å². The predicted molar refractivity (Wildman–Crippen MR) is 49.4 cm³/mol. The molecule has 7 heavy (non-hydrogen) atoms. The van der Waals surface area contributed by atoms with Crippen LogP contribution in [0.25, 0.3) is 0 Å². The lowest BCUT2D eigenvalue weighted by atomic mass is 10.4. The summed E-state index contributed by atoms with van der Waals surface area (Å²) in [5.74, 6) is 2.19. The van der Waals surface area contributed by atoms with Gasteiger partial charge in [0.05, 0.1) is 0 Å². The Bertz CT molecular complexity index is 55.1. The first-order valence-corrected chi connectivity index (χ1v) is 5.55. The Kier molecular flexibility index (Phi) is 2.67. The van der Waals surface area contributed by atoms with Crippen LogP contribution in [0.3, 0.4) is 0 Å². The van der Waals surface area contributed by atoms with Gasteiger partial charge >= 0.3 is 0 Å². The average Bonchev–Trinajstić information content (AvgIpc) is 2.43. The first-order valence-electron chi connectivity index (χ1n) is 2.50. The summed E-state index contributed by atoms with van der Waals surface area (Å²) < 4.78 is 2.76. The summed E-state index contributed by atoms with van der Waals surface area (Å²) in [6.45, 7) is 0. The molecule has 1 fully saturated rings. The topological polar surface area (TPSA) is 0 Å². The zero-order chi connectivity index (χ0) is 5.28. The lowest BCUT2D eigenvalue weighted by molar-refractivity contribution is 0.878. The summed E-state index contributed by atoms with van der Waals surface area (Å²) in [4.78, 5) is 0. The molecule has 2 heteroatoms. The van der Waals surface area contributed by atoms with E-state index in [1.54, 1.807) is 0 Å². The van der Waals surface area contributed by atoms with Crippen molar-refractivity contribution in [2.24, 2.45) is 11.8 Å². The van der Waals surface area contributed by atoms with Crippen LogP contribution in [0, 0.1) is 11.8 Å². The molecule has 1 rings (SSSR count). The van der Waals surface area contributed by atoms with Crippen molar-refractivity contribution in [1.29, 1.82) is 0 Å². The van der Waals surface area contributed by atoms with Gasteiger partial charge in [0.15, 0.2) is 0 Å². The van der Waals surface area contributed by atoms with Gasteiger partial charge in [-0.05, 0) is 18.3 Å². The maximum atomic E-state index is 2.48. The Hall–Kier alpha value is 1.46. The Morgan fingerprint density at radius 3 is 1.71 bits per heavy atom. The first-order chi connectivity index (χ1) is 3.38. The Labute approximate surface area is 71.7 Å². The summed E-state index contributed by atoms with van der Waals surface area (Å²) >= 11 is 4.95. The molecule has 0 bridgehead atoms. The van der Waals surface area contributed by atoms with Crippen molar-refractivity contribution in [3.63, 3.8) is 0 Å². The normalized spacial score (nSPS) is 38.6. The third-order valence-corrected chi connectivity index (χ3v) is 3.73. The molecule has 1 aliphatic rings. The van der Waals surface area contributed by atoms with E-state index < -0.39 is 0 Å². The van der Waals surface area contributed by atoms with Crippen LogP contribution in [-0.2, 0) is 0 Å². The quantitative estimate of drug-likeness (QED) is 0.541. The monoisotopic (exact) mass is 322 g/mol. The summed E-state index contributed by atoms with van der Waals surface area (Å²) in [5, 5.41) is 0. The number of hydrogen-bond acceptors (Lipinski definition) is 0. The minimum absolute atomic E-state index is 1.09. The van der Waals surface area contributed by atoms with Crippen molar-refractivity contribution in [3.05, 3.63) is 0 Å². The highest BCUT2D eigenvalue weighted by molar-refractivity contribution is 14.1. The summed E-state index contributed by atoms with van der Waals surface area (Å²) in [7, 11) is 0. The fourth-order valence-electron chi connectivity index (χ4n) is 0.688. The Morgan fingerprint density at radius 2 is 1.57 bits per heavy atom. The van der Waals surface area contributed by atoms with Gasteiger partial charge in [0.1, 0.15) is 0 Å². The second kappa shape index (κ2) is 2.85. The van der Waals surface area contributed by atoms with Gasteiger partial charge in [0.25, 0.3) is 0 Å². The minimum atomic E-state index is 1.09. The predicted octanol–water partition coefficient (Wildman–Crippen LogP) is 2.49. The molecule has 0 saturated heterocycles. The van der Waals surface area contributed by atoms with Gasteiger partial charge in [-0.25, -0.2) is 0 Å². The minimum Gasteiger partial charge on any atom is -0.0861 e. The van der Waals surface area contributed by atoms with Crippen LogP contribution in [0.15, 0.2) is 0 Å². The molecule has 0 N–H and O–H groups in total. The van der Waals surface area contributed by atoms with E-state index in [4.69, 9.17) is 0 Å². The number of hydrogen-bond donors (Lipinski definition) is 0. The second-order valence-electron chi connectivity index (χ2n) is 2.06. The van der Waals surface area contributed by atoms with E-state index in [-0.39, 0.29) is 0 Å². The highest BCUT2D eigenvalue weighted by Gasteiger charge is 2.34. The molecular formula is C5H8I2. The molecule has 0 radical (unpaired) electrons. The van der Waals surface area contributed by atoms with Gasteiger partial charge in [-0.1, -0.05) is 45.2 Å². The van der Waals surface area contributed by atoms with E-state index in [1.807, 2.05) is 0 Å². The van der Waals surface area contributed by atoms with Crippen LogP contribution in [0.1, 0.15) is 6.42 Å². The molecule has 0 aromatic carbocycles. The van der Waals surface area contributed by atoms with Crippen LogP contribution in [0.2, 0.25) is 0 Å². The van der Waals surface area contributed by atoms with Crippen LogP contribution < -0.4 is 0 Å². The fourth-order valence-corrected chi connectivity index (χ4v) is 2.85. The van der Waals surface area contributed by atoms with Crippen molar-refractivity contribution in [2.45, 2.75) is 6.42 Å². The summed E-state index contributed by atoms with van der Waals surface area (Å²) in [5.41, 5.74) is 0. The molecule has 0 heterocycles. The van der Waals surface area contributed by atoms with E-state index in [9.17, 15) is 0 Å². The number of halogens is 2. The van der Waals surface area contributed by atoms with Gasteiger partial charge < -0.3 is 0 Å². The molecule has 0 aromatic heterocycles. The van der Waals surface area contributed by atoms with E-state index in [1.165, 1.54) is 15.3 Å². The zero-order valence-corrected chi connectivity index (χ0v) is 8.35. The second-order valence-corrected chi connectivity index (χ2v) is 3.83. The Morgan fingerprint density at radius 1 is 1.14 bits per heavy atom. The summed E-state index contributed by atoms with van der Waals surface area (Å²) in [6.07, 6.45) is 1.51. The molecule has 1 saturated carbocycles. The average molecular weight is 322 g/mol. The van der Waals surface area contributed by atoms with Crippen molar-refractivity contribution in [2.75, 3.05) is 8.86 Å². The van der Waals surface area contributed by atoms with Crippen LogP contribution in [0.5, 0.6) is 0 Å². The molecule has 0 amide bonds. The van der Waals surface area contributed by atoms with Crippen LogP contribution >= 0.6 is 45.2 Å². The maximum Gasteiger partial charge on any atom is 0.00267 e. The van der Waals surface area contributed by atoms with Crippen molar-refractivity contribution in [3.8, 4) is 0 Å². The van der Waals surface area contributed by atoms with Crippen molar-refractivity contribution < 1.29 is 0 Å². The number of alkyl halides is 2. The van der Waals surface area contributed by atoms with Crippen LogP contribution in [-0.4, -0.2) is 8.86 Å². The molecule has 0 aromatic rings. The van der Waals surface area contributed by atoms with Gasteiger partial charge in [0, 0.05) is 8.86 Å². The lowest BCUT2D eigenvalue weighted by Crippen LogP contribution is -1.81. The standard InChI is InChI=1S/C5H8I2/c6-2-4-1-5(4)3-7/h4-5H,1-3H2. The van der Waals surface area contributed by atoms with E-state index >= 15 is 0 Å². The molecule has 2 unspecified atom stereocenters. The number of rotatable bonds is 2. The van der Waals surface area contributed by atoms with E-state index in [0.717, 1.165) is 11.8 Å². The molecule has 0 spiro atoms. The van der Waals surface area contributed by atoms with Gasteiger partial charge in [-0.3, -0.25) is 0 Å². The van der Waals surface area contributed by atoms with E-state index in [0.29, 0.717) is 0 Å². The zero-order valence-electron chi connectivity index (χ0n) is 4.03. The van der Waals surface area contributed by atoms with Crippen LogP contribution in [0.4, 0.5) is 0 Å². The lowest BCUT2D eigenvalue weighted by Gasteiger charge is -1.83. The highest BCUT2D eigenvalue weighted by Crippen LogP contribution is 2.40. The molecule has 2 atom stereocenters. The third-order valence-electron chi connectivity index (χ3n) is 1.47. The highest BCUT2D eigenvalue weighted by atomic mass is 127. The molecular weight excluding hydrogens is 314 g/mol. The molecule has 1 aliphatic carbocycles. The Balaban J connectivity index is 2.06. The fraction of sp³-hybridized carbons (Fsp3) is 1.00. The maximum absolute atomic E-state index is 2.48. The molecule has 0 aliphatic heterocycles. The largest absolute Gasteiger partial charge is 0.0861 e. The van der Waals surface area contributed by atoms with E-state index in [2.05, 4.69) is 45.2 Å². The first kappa shape index (κ1) is 6.58. The van der Waals surface area contributed by atoms with Gasteiger partial charge in [0.2, 0.25) is 0 Å². The SMILES string of the molecule is ICC1CC1CI. The summed E-state index contributed by atoms with van der Waals surface area (Å²) in [6, 6.07) is 0.